The monoisotopic (exact) mass is 419 g/mol. The van der Waals surface area contributed by atoms with E-state index in [1.54, 1.807) is 34.1 Å². The third-order valence-corrected chi connectivity index (χ3v) is 5.94. The van der Waals surface area contributed by atoms with Gasteiger partial charge in [0.05, 0.1) is 11.1 Å². The highest BCUT2D eigenvalue weighted by molar-refractivity contribution is 6.21. The summed E-state index contributed by atoms with van der Waals surface area (Å²) in [5.41, 5.74) is 2.40. The van der Waals surface area contributed by atoms with Crippen molar-refractivity contribution in [3.63, 3.8) is 0 Å². The van der Waals surface area contributed by atoms with Gasteiger partial charge in [-0.2, -0.15) is 0 Å². The Labute approximate surface area is 181 Å². The second kappa shape index (κ2) is 8.71. The van der Waals surface area contributed by atoms with E-state index < -0.39 is 0 Å². The van der Waals surface area contributed by atoms with Crippen LogP contribution < -0.4 is 0 Å². The molecule has 2 aliphatic rings. The second-order valence-electron chi connectivity index (χ2n) is 7.90. The molecule has 7 heteroatoms. The minimum absolute atomic E-state index is 0.0153. The fourth-order valence-corrected chi connectivity index (χ4v) is 4.16. The molecular weight excluding hydrogens is 394 g/mol. The SMILES string of the molecule is Cc1ccccc1C(=O)N1CCCN(C(=O)CCN2C(=O)c3ccccc3C2=O)CC1. The van der Waals surface area contributed by atoms with Gasteiger partial charge in [0, 0.05) is 44.7 Å². The van der Waals surface area contributed by atoms with Gasteiger partial charge in [-0.15, -0.1) is 0 Å². The van der Waals surface area contributed by atoms with Gasteiger partial charge in [0.25, 0.3) is 17.7 Å². The van der Waals surface area contributed by atoms with Gasteiger partial charge in [0.1, 0.15) is 0 Å². The molecule has 0 bridgehead atoms. The molecule has 1 fully saturated rings. The highest BCUT2D eigenvalue weighted by Gasteiger charge is 2.35. The van der Waals surface area contributed by atoms with Crippen LogP contribution in [-0.2, 0) is 4.79 Å². The molecule has 2 aromatic carbocycles. The molecule has 2 aromatic rings. The number of nitrogens with zero attached hydrogens (tertiary/aromatic N) is 3. The van der Waals surface area contributed by atoms with Crippen molar-refractivity contribution in [2.45, 2.75) is 19.8 Å². The Morgan fingerprint density at radius 2 is 1.39 bits per heavy atom. The standard InChI is InChI=1S/C24H25N3O4/c1-17-7-2-3-8-18(17)22(29)26-13-6-12-25(15-16-26)21(28)11-14-27-23(30)19-9-4-5-10-20(19)24(27)31/h2-5,7-10H,6,11-16H2,1H3. The lowest BCUT2D eigenvalue weighted by molar-refractivity contribution is -0.131. The molecule has 0 aliphatic carbocycles. The largest absolute Gasteiger partial charge is 0.341 e. The van der Waals surface area contributed by atoms with Gasteiger partial charge in [-0.25, -0.2) is 0 Å². The molecule has 31 heavy (non-hydrogen) atoms. The van der Waals surface area contributed by atoms with Crippen LogP contribution in [0.25, 0.3) is 0 Å². The van der Waals surface area contributed by atoms with Gasteiger partial charge < -0.3 is 9.80 Å². The first kappa shape index (κ1) is 20.8. The van der Waals surface area contributed by atoms with Crippen LogP contribution in [0, 0.1) is 6.92 Å². The molecule has 0 unspecified atom stereocenters. The van der Waals surface area contributed by atoms with Crippen molar-refractivity contribution >= 4 is 23.6 Å². The summed E-state index contributed by atoms with van der Waals surface area (Å²) in [7, 11) is 0. The molecule has 1 saturated heterocycles. The summed E-state index contributed by atoms with van der Waals surface area (Å²) in [6, 6.07) is 14.2. The Kier molecular flexibility index (Phi) is 5.84. The van der Waals surface area contributed by atoms with Crippen LogP contribution in [0.3, 0.4) is 0 Å². The minimum Gasteiger partial charge on any atom is -0.341 e. The first-order valence-electron chi connectivity index (χ1n) is 10.6. The zero-order valence-corrected chi connectivity index (χ0v) is 17.5. The maximum absolute atomic E-state index is 12.9. The number of amides is 4. The molecule has 2 heterocycles. The van der Waals surface area contributed by atoms with Crippen LogP contribution in [0.2, 0.25) is 0 Å². The van der Waals surface area contributed by atoms with Gasteiger partial charge >= 0.3 is 0 Å². The number of hydrogen-bond donors (Lipinski definition) is 0. The molecule has 4 amide bonds. The highest BCUT2D eigenvalue weighted by Crippen LogP contribution is 2.22. The Morgan fingerprint density at radius 1 is 0.806 bits per heavy atom. The van der Waals surface area contributed by atoms with Crippen molar-refractivity contribution in [2.75, 3.05) is 32.7 Å². The average molecular weight is 419 g/mol. The lowest BCUT2D eigenvalue weighted by Crippen LogP contribution is -2.39. The first-order chi connectivity index (χ1) is 15.0. The summed E-state index contributed by atoms with van der Waals surface area (Å²) < 4.78 is 0. The number of carbonyl (C=O) groups excluding carboxylic acids is 4. The fraction of sp³-hybridized carbons (Fsp3) is 0.333. The van der Waals surface area contributed by atoms with E-state index in [9.17, 15) is 19.2 Å². The zero-order chi connectivity index (χ0) is 22.0. The van der Waals surface area contributed by atoms with Gasteiger partial charge in [-0.1, -0.05) is 30.3 Å². The van der Waals surface area contributed by atoms with Crippen molar-refractivity contribution in [1.29, 1.82) is 0 Å². The molecule has 4 rings (SSSR count). The molecule has 0 N–H and O–H groups in total. The zero-order valence-electron chi connectivity index (χ0n) is 17.5. The number of imide groups is 1. The Bertz CT molecular complexity index is 1010. The number of fused-ring (bicyclic) bond motifs is 1. The molecule has 0 spiro atoms. The van der Waals surface area contributed by atoms with Crippen molar-refractivity contribution in [3.05, 3.63) is 70.8 Å². The molecule has 0 saturated carbocycles. The van der Waals surface area contributed by atoms with Crippen molar-refractivity contribution in [2.24, 2.45) is 0 Å². The van der Waals surface area contributed by atoms with Gasteiger partial charge in [0.2, 0.25) is 5.91 Å². The summed E-state index contributed by atoms with van der Waals surface area (Å²) in [5.74, 6) is -0.821. The lowest BCUT2D eigenvalue weighted by Gasteiger charge is -2.23. The van der Waals surface area contributed by atoms with Gasteiger partial charge in [0.15, 0.2) is 0 Å². The molecule has 160 valence electrons. The number of benzene rings is 2. The van der Waals surface area contributed by atoms with E-state index in [1.807, 2.05) is 31.2 Å². The molecule has 0 aromatic heterocycles. The topological polar surface area (TPSA) is 78.0 Å². The van der Waals surface area contributed by atoms with E-state index in [4.69, 9.17) is 0 Å². The van der Waals surface area contributed by atoms with Gasteiger partial charge in [-0.3, -0.25) is 24.1 Å². The lowest BCUT2D eigenvalue weighted by atomic mass is 10.1. The third kappa shape index (κ3) is 4.08. The number of carbonyl (C=O) groups is 4. The fourth-order valence-electron chi connectivity index (χ4n) is 4.16. The first-order valence-corrected chi connectivity index (χ1v) is 10.6. The molecule has 0 radical (unpaired) electrons. The number of hydrogen-bond acceptors (Lipinski definition) is 4. The Balaban J connectivity index is 1.33. The van der Waals surface area contributed by atoms with Crippen LogP contribution in [0.5, 0.6) is 0 Å². The Hall–Kier alpha value is -3.48. The third-order valence-electron chi connectivity index (χ3n) is 5.94. The summed E-state index contributed by atoms with van der Waals surface area (Å²) >= 11 is 0. The van der Waals surface area contributed by atoms with E-state index in [1.165, 1.54) is 0 Å². The average Bonchev–Trinajstić information content (AvgIpc) is 2.94. The summed E-state index contributed by atoms with van der Waals surface area (Å²) in [6.07, 6.45) is 0.771. The van der Waals surface area contributed by atoms with E-state index in [0.717, 1.165) is 10.5 Å². The van der Waals surface area contributed by atoms with Crippen LogP contribution in [0.4, 0.5) is 0 Å². The maximum atomic E-state index is 12.9. The van der Waals surface area contributed by atoms with Crippen molar-refractivity contribution in [3.8, 4) is 0 Å². The molecule has 2 aliphatic heterocycles. The summed E-state index contributed by atoms with van der Waals surface area (Å²) in [6.45, 7) is 4.03. The van der Waals surface area contributed by atoms with E-state index in [0.29, 0.717) is 49.3 Å². The number of rotatable bonds is 4. The minimum atomic E-state index is -0.348. The predicted molar refractivity (Wildman–Crippen MR) is 115 cm³/mol. The normalized spacial score (nSPS) is 16.4. The van der Waals surface area contributed by atoms with Crippen molar-refractivity contribution in [1.82, 2.24) is 14.7 Å². The maximum Gasteiger partial charge on any atom is 0.261 e. The van der Waals surface area contributed by atoms with E-state index in [-0.39, 0.29) is 36.6 Å². The molecule has 0 atom stereocenters. The predicted octanol–water partition coefficient (Wildman–Crippen LogP) is 2.36. The van der Waals surface area contributed by atoms with E-state index in [2.05, 4.69) is 0 Å². The number of aryl methyl sites for hydroxylation is 1. The van der Waals surface area contributed by atoms with Gasteiger partial charge in [-0.05, 0) is 37.1 Å². The summed E-state index contributed by atoms with van der Waals surface area (Å²) in [4.78, 5) is 55.2. The smallest absolute Gasteiger partial charge is 0.261 e. The van der Waals surface area contributed by atoms with Crippen LogP contribution in [0.1, 0.15) is 49.5 Å². The van der Waals surface area contributed by atoms with Crippen LogP contribution in [0.15, 0.2) is 48.5 Å². The summed E-state index contributed by atoms with van der Waals surface area (Å²) in [5, 5.41) is 0. The van der Waals surface area contributed by atoms with Crippen molar-refractivity contribution < 1.29 is 19.2 Å². The highest BCUT2D eigenvalue weighted by atomic mass is 16.2. The molecular formula is C24H25N3O4. The van der Waals surface area contributed by atoms with Crippen LogP contribution in [-0.4, -0.2) is 71.1 Å². The second-order valence-corrected chi connectivity index (χ2v) is 7.90. The quantitative estimate of drug-likeness (QED) is 0.713. The molecule has 7 nitrogen and oxygen atoms in total. The van der Waals surface area contributed by atoms with Crippen LogP contribution >= 0.6 is 0 Å². The Morgan fingerprint density at radius 3 is 2.06 bits per heavy atom. The van der Waals surface area contributed by atoms with E-state index >= 15 is 0 Å².